The van der Waals surface area contributed by atoms with Crippen LogP contribution in [0.4, 0.5) is 0 Å². The second-order valence-corrected chi connectivity index (χ2v) is 4.83. The molecular formula is C12H21N3. The molecule has 0 atom stereocenters. The summed E-state index contributed by atoms with van der Waals surface area (Å²) in [6.07, 6.45) is 6.29. The molecule has 0 aromatic carbocycles. The van der Waals surface area contributed by atoms with E-state index in [-0.39, 0.29) is 5.54 Å². The fraction of sp³-hybridized carbons (Fsp3) is 0.750. The normalized spacial score (nSPS) is 20.5. The molecule has 0 unspecified atom stereocenters. The maximum atomic E-state index is 5.99. The molecule has 0 aliphatic heterocycles. The van der Waals surface area contributed by atoms with Crippen LogP contribution < -0.4 is 5.73 Å². The highest BCUT2D eigenvalue weighted by Crippen LogP contribution is 2.34. The third-order valence-electron chi connectivity index (χ3n) is 3.62. The number of hydrogen-bond acceptors (Lipinski definition) is 2. The van der Waals surface area contributed by atoms with Gasteiger partial charge in [-0.15, -0.1) is 0 Å². The number of nitrogens with two attached hydrogens (primary N) is 1. The Kier molecular flexibility index (Phi) is 2.83. The molecule has 0 radical (unpaired) electrons. The van der Waals surface area contributed by atoms with E-state index < -0.39 is 0 Å². The molecule has 3 nitrogen and oxygen atoms in total. The standard InChI is InChI=1S/C12H21N3/c1-10-8-11(2)15(14-10)12(9-13)6-4-3-5-7-12/h8H,3-7,9,13H2,1-2H3. The highest BCUT2D eigenvalue weighted by atomic mass is 15.3. The third-order valence-corrected chi connectivity index (χ3v) is 3.62. The van der Waals surface area contributed by atoms with E-state index in [0.717, 1.165) is 12.2 Å². The second-order valence-electron chi connectivity index (χ2n) is 4.83. The van der Waals surface area contributed by atoms with Crippen LogP contribution in [0.2, 0.25) is 0 Å². The quantitative estimate of drug-likeness (QED) is 0.807. The minimum atomic E-state index is 0.108. The fourth-order valence-corrected chi connectivity index (χ4v) is 2.82. The van der Waals surface area contributed by atoms with Crippen LogP contribution in [0.1, 0.15) is 43.5 Å². The number of nitrogens with zero attached hydrogens (tertiary/aromatic N) is 2. The molecule has 2 N–H and O–H groups in total. The summed E-state index contributed by atoms with van der Waals surface area (Å²) in [5.41, 5.74) is 8.45. The van der Waals surface area contributed by atoms with Gasteiger partial charge in [-0.25, -0.2) is 0 Å². The summed E-state index contributed by atoms with van der Waals surface area (Å²) >= 11 is 0. The predicted octanol–water partition coefficient (Wildman–Crippen LogP) is 2.12. The third kappa shape index (κ3) is 1.81. The van der Waals surface area contributed by atoms with Crippen LogP contribution in [0, 0.1) is 13.8 Å². The Bertz CT molecular complexity index is 335. The first-order valence-corrected chi connectivity index (χ1v) is 5.92. The van der Waals surface area contributed by atoms with Gasteiger partial charge in [-0.2, -0.15) is 5.10 Å². The molecule has 1 aromatic heterocycles. The van der Waals surface area contributed by atoms with Gasteiger partial charge < -0.3 is 5.73 Å². The van der Waals surface area contributed by atoms with Crippen LogP contribution in [0.15, 0.2) is 6.07 Å². The van der Waals surface area contributed by atoms with Crippen molar-refractivity contribution in [3.63, 3.8) is 0 Å². The van der Waals surface area contributed by atoms with E-state index in [1.54, 1.807) is 0 Å². The Morgan fingerprint density at radius 3 is 2.47 bits per heavy atom. The van der Waals surface area contributed by atoms with Crippen molar-refractivity contribution in [2.45, 2.75) is 51.5 Å². The number of hydrogen-bond donors (Lipinski definition) is 1. The summed E-state index contributed by atoms with van der Waals surface area (Å²) < 4.78 is 2.18. The Morgan fingerprint density at radius 2 is 2.00 bits per heavy atom. The molecule has 1 aliphatic rings. The van der Waals surface area contributed by atoms with Crippen molar-refractivity contribution in [3.05, 3.63) is 17.5 Å². The first kappa shape index (κ1) is 10.7. The zero-order valence-corrected chi connectivity index (χ0v) is 9.79. The van der Waals surface area contributed by atoms with E-state index in [9.17, 15) is 0 Å². The van der Waals surface area contributed by atoms with Gasteiger partial charge in [-0.3, -0.25) is 4.68 Å². The Balaban J connectivity index is 2.36. The maximum absolute atomic E-state index is 5.99. The van der Waals surface area contributed by atoms with Crippen molar-refractivity contribution in [1.82, 2.24) is 9.78 Å². The lowest BCUT2D eigenvalue weighted by atomic mass is 9.81. The summed E-state index contributed by atoms with van der Waals surface area (Å²) in [7, 11) is 0. The van der Waals surface area contributed by atoms with Crippen molar-refractivity contribution < 1.29 is 0 Å². The monoisotopic (exact) mass is 207 g/mol. The van der Waals surface area contributed by atoms with Gasteiger partial charge in [0.1, 0.15) is 0 Å². The van der Waals surface area contributed by atoms with Gasteiger partial charge in [0.05, 0.1) is 11.2 Å². The van der Waals surface area contributed by atoms with Crippen molar-refractivity contribution >= 4 is 0 Å². The highest BCUT2D eigenvalue weighted by molar-refractivity contribution is 5.10. The summed E-state index contributed by atoms with van der Waals surface area (Å²) in [6, 6.07) is 2.14. The summed E-state index contributed by atoms with van der Waals surface area (Å²) in [6.45, 7) is 4.90. The Morgan fingerprint density at radius 1 is 1.33 bits per heavy atom. The van der Waals surface area contributed by atoms with Gasteiger partial charge >= 0.3 is 0 Å². The molecule has 1 fully saturated rings. The van der Waals surface area contributed by atoms with Crippen molar-refractivity contribution in [3.8, 4) is 0 Å². The lowest BCUT2D eigenvalue weighted by Crippen LogP contribution is -2.44. The Hall–Kier alpha value is -0.830. The minimum Gasteiger partial charge on any atom is -0.328 e. The zero-order chi connectivity index (χ0) is 10.9. The summed E-state index contributed by atoms with van der Waals surface area (Å²) in [4.78, 5) is 0. The van der Waals surface area contributed by atoms with Gasteiger partial charge in [-0.05, 0) is 32.8 Å². The molecule has 0 bridgehead atoms. The average molecular weight is 207 g/mol. The van der Waals surface area contributed by atoms with Gasteiger partial charge in [0.25, 0.3) is 0 Å². The minimum absolute atomic E-state index is 0.108. The van der Waals surface area contributed by atoms with E-state index in [2.05, 4.69) is 29.7 Å². The largest absolute Gasteiger partial charge is 0.328 e. The molecule has 1 aliphatic carbocycles. The van der Waals surface area contributed by atoms with Crippen LogP contribution in [-0.4, -0.2) is 16.3 Å². The average Bonchev–Trinajstić information content (AvgIpc) is 2.59. The van der Waals surface area contributed by atoms with E-state index in [4.69, 9.17) is 5.73 Å². The molecule has 1 saturated carbocycles. The van der Waals surface area contributed by atoms with Crippen LogP contribution in [0.5, 0.6) is 0 Å². The van der Waals surface area contributed by atoms with E-state index in [0.29, 0.717) is 0 Å². The molecule has 0 saturated heterocycles. The predicted molar refractivity (Wildman–Crippen MR) is 61.8 cm³/mol. The van der Waals surface area contributed by atoms with Gasteiger partial charge in [-0.1, -0.05) is 19.3 Å². The van der Waals surface area contributed by atoms with E-state index in [1.807, 2.05) is 0 Å². The summed E-state index contributed by atoms with van der Waals surface area (Å²) in [5, 5.41) is 4.61. The first-order valence-electron chi connectivity index (χ1n) is 5.92. The molecular weight excluding hydrogens is 186 g/mol. The lowest BCUT2D eigenvalue weighted by Gasteiger charge is -2.37. The molecule has 84 valence electrons. The number of aromatic nitrogens is 2. The van der Waals surface area contributed by atoms with Crippen molar-refractivity contribution in [1.29, 1.82) is 0 Å². The molecule has 15 heavy (non-hydrogen) atoms. The van der Waals surface area contributed by atoms with Crippen LogP contribution >= 0.6 is 0 Å². The van der Waals surface area contributed by atoms with Crippen molar-refractivity contribution in [2.24, 2.45) is 5.73 Å². The van der Waals surface area contributed by atoms with Crippen LogP contribution in [0.3, 0.4) is 0 Å². The van der Waals surface area contributed by atoms with E-state index in [1.165, 1.54) is 37.8 Å². The van der Waals surface area contributed by atoms with E-state index >= 15 is 0 Å². The van der Waals surface area contributed by atoms with Crippen molar-refractivity contribution in [2.75, 3.05) is 6.54 Å². The maximum Gasteiger partial charge on any atom is 0.0752 e. The molecule has 2 rings (SSSR count). The smallest absolute Gasteiger partial charge is 0.0752 e. The fourth-order valence-electron chi connectivity index (χ4n) is 2.82. The van der Waals surface area contributed by atoms with Crippen LogP contribution in [0.25, 0.3) is 0 Å². The van der Waals surface area contributed by atoms with Gasteiger partial charge in [0.15, 0.2) is 0 Å². The molecule has 0 amide bonds. The second kappa shape index (κ2) is 3.97. The topological polar surface area (TPSA) is 43.8 Å². The Labute approximate surface area is 91.7 Å². The molecule has 3 heteroatoms. The molecule has 1 heterocycles. The lowest BCUT2D eigenvalue weighted by molar-refractivity contribution is 0.178. The highest BCUT2D eigenvalue weighted by Gasteiger charge is 2.34. The number of aryl methyl sites for hydroxylation is 2. The SMILES string of the molecule is Cc1cc(C)n(C2(CN)CCCCC2)n1. The van der Waals surface area contributed by atoms with Crippen LogP contribution in [-0.2, 0) is 5.54 Å². The van der Waals surface area contributed by atoms with Gasteiger partial charge in [0, 0.05) is 12.2 Å². The molecule has 0 spiro atoms. The molecule has 1 aromatic rings. The zero-order valence-electron chi connectivity index (χ0n) is 9.79. The first-order chi connectivity index (χ1) is 7.18. The van der Waals surface area contributed by atoms with Gasteiger partial charge in [0.2, 0.25) is 0 Å². The summed E-state index contributed by atoms with van der Waals surface area (Å²) in [5.74, 6) is 0. The number of rotatable bonds is 2.